The molecule has 1 aliphatic heterocycles. The quantitative estimate of drug-likeness (QED) is 0.346. The van der Waals surface area contributed by atoms with Gasteiger partial charge in [0.15, 0.2) is 5.11 Å². The molecule has 2 aromatic heterocycles. The van der Waals surface area contributed by atoms with Crippen LogP contribution < -0.4 is 15.0 Å². The zero-order valence-electron chi connectivity index (χ0n) is 18.9. The molecule has 1 saturated heterocycles. The number of benzene rings is 2. The maximum Gasteiger partial charge on any atom is 0.174 e. The molecule has 0 amide bonds. The Balaban J connectivity index is 1.51. The van der Waals surface area contributed by atoms with Crippen molar-refractivity contribution in [3.05, 3.63) is 107 Å². The molecular weight excluding hydrogens is 428 g/mol. The van der Waals surface area contributed by atoms with Crippen molar-refractivity contribution in [1.82, 2.24) is 15.3 Å². The van der Waals surface area contributed by atoms with E-state index >= 15 is 0 Å². The largest absolute Gasteiger partial charge is 0.457 e. The van der Waals surface area contributed by atoms with Crippen LogP contribution in [0.2, 0.25) is 0 Å². The van der Waals surface area contributed by atoms with Crippen LogP contribution in [0.1, 0.15) is 40.3 Å². The summed E-state index contributed by atoms with van der Waals surface area (Å²) in [5.41, 5.74) is 6.53. The van der Waals surface area contributed by atoms with E-state index < -0.39 is 0 Å². The Morgan fingerprint density at radius 3 is 2.36 bits per heavy atom. The molecule has 0 saturated carbocycles. The van der Waals surface area contributed by atoms with Crippen molar-refractivity contribution in [2.75, 3.05) is 4.90 Å². The SMILES string of the molecule is Cc1cc([C@H]2[C@@H](c3ccccn3)NC(=S)N2c2ccc(Oc3ccccc3C)cc2)c(C)[nH]1. The maximum atomic E-state index is 6.10. The van der Waals surface area contributed by atoms with Crippen LogP contribution in [0.25, 0.3) is 0 Å². The molecule has 0 radical (unpaired) electrons. The fraction of sp³-hybridized carbons (Fsp3) is 0.185. The highest BCUT2D eigenvalue weighted by molar-refractivity contribution is 7.80. The summed E-state index contributed by atoms with van der Waals surface area (Å²) in [6.45, 7) is 6.23. The summed E-state index contributed by atoms with van der Waals surface area (Å²) in [5.74, 6) is 1.65. The molecule has 2 aromatic carbocycles. The van der Waals surface area contributed by atoms with Crippen molar-refractivity contribution in [3.63, 3.8) is 0 Å². The Morgan fingerprint density at radius 2 is 1.70 bits per heavy atom. The first-order chi connectivity index (χ1) is 16.0. The minimum atomic E-state index is -0.0597. The fourth-order valence-electron chi connectivity index (χ4n) is 4.47. The van der Waals surface area contributed by atoms with Crippen LogP contribution in [0.4, 0.5) is 5.69 Å². The third-order valence-electron chi connectivity index (χ3n) is 6.04. The first-order valence-electron chi connectivity index (χ1n) is 11.0. The molecule has 5 nitrogen and oxygen atoms in total. The third kappa shape index (κ3) is 4.10. The summed E-state index contributed by atoms with van der Waals surface area (Å²) in [6.07, 6.45) is 1.83. The van der Waals surface area contributed by atoms with Crippen molar-refractivity contribution >= 4 is 23.0 Å². The molecule has 166 valence electrons. The van der Waals surface area contributed by atoms with Crippen molar-refractivity contribution < 1.29 is 4.74 Å². The fourth-order valence-corrected chi connectivity index (χ4v) is 4.82. The number of nitrogens with zero attached hydrogens (tertiary/aromatic N) is 2. The van der Waals surface area contributed by atoms with Crippen LogP contribution in [0, 0.1) is 20.8 Å². The number of hydrogen-bond acceptors (Lipinski definition) is 3. The van der Waals surface area contributed by atoms with E-state index in [4.69, 9.17) is 17.0 Å². The zero-order valence-corrected chi connectivity index (χ0v) is 19.7. The van der Waals surface area contributed by atoms with Crippen molar-refractivity contribution in [3.8, 4) is 11.5 Å². The lowest BCUT2D eigenvalue weighted by Gasteiger charge is -2.28. The molecule has 0 unspecified atom stereocenters. The number of ether oxygens (including phenoxy) is 1. The lowest BCUT2D eigenvalue weighted by atomic mass is 9.96. The number of pyridine rings is 1. The van der Waals surface area contributed by atoms with E-state index in [-0.39, 0.29) is 12.1 Å². The first kappa shape index (κ1) is 21.2. The van der Waals surface area contributed by atoms with E-state index in [1.54, 1.807) is 0 Å². The lowest BCUT2D eigenvalue weighted by molar-refractivity contribution is 0.479. The van der Waals surface area contributed by atoms with Gasteiger partial charge in [0.1, 0.15) is 11.5 Å². The zero-order chi connectivity index (χ0) is 22.9. The summed E-state index contributed by atoms with van der Waals surface area (Å²) < 4.78 is 6.10. The van der Waals surface area contributed by atoms with Crippen LogP contribution in [-0.4, -0.2) is 15.1 Å². The van der Waals surface area contributed by atoms with Crippen LogP contribution in [-0.2, 0) is 0 Å². The van der Waals surface area contributed by atoms with Crippen LogP contribution in [0.3, 0.4) is 0 Å². The van der Waals surface area contributed by atoms with Gasteiger partial charge in [-0.05, 0) is 92.6 Å². The van der Waals surface area contributed by atoms with Gasteiger partial charge in [0.05, 0.1) is 17.8 Å². The molecule has 0 bridgehead atoms. The standard InChI is InChI=1S/C27H26N4OS/c1-17-8-4-5-10-24(17)32-21-13-11-20(12-14-21)31-26(22-16-18(2)29-19(22)3)25(30-27(31)33)23-9-6-7-15-28-23/h4-16,25-26,29H,1-3H3,(H,30,33)/t25-,26+/m1/s1. The predicted octanol–water partition coefficient (Wildman–Crippen LogP) is 6.30. The van der Waals surface area contributed by atoms with E-state index in [9.17, 15) is 0 Å². The average molecular weight is 455 g/mol. The molecule has 1 fully saturated rings. The number of hydrogen-bond donors (Lipinski definition) is 2. The highest BCUT2D eigenvalue weighted by Crippen LogP contribution is 2.43. The van der Waals surface area contributed by atoms with E-state index in [0.717, 1.165) is 39.8 Å². The minimum Gasteiger partial charge on any atom is -0.457 e. The van der Waals surface area contributed by atoms with Crippen LogP contribution in [0.5, 0.6) is 11.5 Å². The van der Waals surface area contributed by atoms with E-state index in [1.807, 2.05) is 67.7 Å². The number of para-hydroxylation sites is 1. The topological polar surface area (TPSA) is 53.2 Å². The van der Waals surface area contributed by atoms with Gasteiger partial charge in [-0.1, -0.05) is 24.3 Å². The number of anilines is 1. The van der Waals surface area contributed by atoms with Gasteiger partial charge in [0, 0.05) is 23.3 Å². The number of rotatable bonds is 5. The minimum absolute atomic E-state index is 0.0273. The van der Waals surface area contributed by atoms with Gasteiger partial charge in [0.25, 0.3) is 0 Å². The highest BCUT2D eigenvalue weighted by Gasteiger charge is 2.41. The van der Waals surface area contributed by atoms with Crippen molar-refractivity contribution in [2.45, 2.75) is 32.9 Å². The summed E-state index contributed by atoms with van der Waals surface area (Å²) in [6, 6.07) is 24.2. The molecule has 6 heteroatoms. The van der Waals surface area contributed by atoms with Gasteiger partial charge >= 0.3 is 0 Å². The Hall–Kier alpha value is -3.64. The normalized spacial score (nSPS) is 17.8. The molecule has 5 rings (SSSR count). The molecule has 4 aromatic rings. The van der Waals surface area contributed by atoms with Crippen molar-refractivity contribution in [1.29, 1.82) is 0 Å². The van der Waals surface area contributed by atoms with Crippen LogP contribution in [0.15, 0.2) is 79.0 Å². The molecule has 33 heavy (non-hydrogen) atoms. The molecule has 3 heterocycles. The molecular formula is C27H26N4OS. The molecule has 0 aliphatic carbocycles. The van der Waals surface area contributed by atoms with E-state index in [2.05, 4.69) is 52.2 Å². The van der Waals surface area contributed by atoms with Gasteiger partial charge < -0.3 is 19.9 Å². The molecule has 0 spiro atoms. The molecule has 1 aliphatic rings. The number of nitrogens with one attached hydrogen (secondary N) is 2. The van der Waals surface area contributed by atoms with Gasteiger partial charge in [-0.25, -0.2) is 0 Å². The van der Waals surface area contributed by atoms with Gasteiger partial charge in [-0.15, -0.1) is 0 Å². The number of aromatic amines is 1. The summed E-state index contributed by atoms with van der Waals surface area (Å²) in [7, 11) is 0. The highest BCUT2D eigenvalue weighted by atomic mass is 32.1. The monoisotopic (exact) mass is 454 g/mol. The van der Waals surface area contributed by atoms with Gasteiger partial charge in [0.2, 0.25) is 0 Å². The second-order valence-corrected chi connectivity index (χ2v) is 8.78. The molecule has 2 atom stereocenters. The van der Waals surface area contributed by atoms with Crippen LogP contribution >= 0.6 is 12.2 Å². The lowest BCUT2D eigenvalue weighted by Crippen LogP contribution is -2.29. The average Bonchev–Trinajstić information content (AvgIpc) is 3.34. The number of aromatic nitrogens is 2. The van der Waals surface area contributed by atoms with E-state index in [0.29, 0.717) is 5.11 Å². The number of H-pyrrole nitrogens is 1. The Bertz CT molecular complexity index is 1280. The van der Waals surface area contributed by atoms with Gasteiger partial charge in [-0.3, -0.25) is 4.98 Å². The summed E-state index contributed by atoms with van der Waals surface area (Å²) in [4.78, 5) is 10.3. The number of aryl methyl sites for hydroxylation is 3. The Morgan fingerprint density at radius 1 is 0.939 bits per heavy atom. The Labute approximate surface area is 199 Å². The van der Waals surface area contributed by atoms with Gasteiger partial charge in [-0.2, -0.15) is 0 Å². The number of thiocarbonyl (C=S) groups is 1. The smallest absolute Gasteiger partial charge is 0.174 e. The Kier molecular flexibility index (Phi) is 5.60. The molecule has 2 N–H and O–H groups in total. The second-order valence-electron chi connectivity index (χ2n) is 8.39. The van der Waals surface area contributed by atoms with E-state index in [1.165, 1.54) is 5.56 Å². The predicted molar refractivity (Wildman–Crippen MR) is 136 cm³/mol. The first-order valence-corrected chi connectivity index (χ1v) is 11.4. The second kappa shape index (κ2) is 8.71. The third-order valence-corrected chi connectivity index (χ3v) is 6.36. The summed E-state index contributed by atoms with van der Waals surface area (Å²) >= 11 is 5.83. The summed E-state index contributed by atoms with van der Waals surface area (Å²) in [5, 5.41) is 4.20. The maximum absolute atomic E-state index is 6.10. The van der Waals surface area contributed by atoms with Crippen molar-refractivity contribution in [2.24, 2.45) is 0 Å².